The lowest BCUT2D eigenvalue weighted by Gasteiger charge is -1.98. The molecular formula is C8H4F-. The van der Waals surface area contributed by atoms with Crippen LogP contribution >= 0.6 is 0 Å². The van der Waals surface area contributed by atoms with Gasteiger partial charge in [-0.3, -0.25) is 5.92 Å². The third-order valence-corrected chi connectivity index (χ3v) is 1.01. The second kappa shape index (κ2) is 2.32. The summed E-state index contributed by atoms with van der Waals surface area (Å²) in [4.78, 5) is 0. The molecule has 1 rings (SSSR count). The van der Waals surface area contributed by atoms with Gasteiger partial charge in [0, 0.05) is 0 Å². The number of hydrogen-bond acceptors (Lipinski definition) is 0. The van der Waals surface area contributed by atoms with Gasteiger partial charge in [0.1, 0.15) is 0 Å². The van der Waals surface area contributed by atoms with Crippen molar-refractivity contribution in [2.24, 2.45) is 0 Å². The van der Waals surface area contributed by atoms with Crippen LogP contribution in [0.1, 0.15) is 5.56 Å². The molecule has 44 valence electrons. The Kier molecular flexibility index (Phi) is 1.51. The Morgan fingerprint density at radius 2 is 2.00 bits per heavy atom. The number of halogens is 1. The van der Waals surface area contributed by atoms with Gasteiger partial charge < -0.3 is 6.42 Å². The molecule has 0 radical (unpaired) electrons. The zero-order valence-corrected chi connectivity index (χ0v) is 4.69. The second-order valence-corrected chi connectivity index (χ2v) is 1.60. The molecule has 0 nitrogen and oxygen atoms in total. The molecule has 0 heterocycles. The van der Waals surface area contributed by atoms with Crippen LogP contribution < -0.4 is 0 Å². The number of rotatable bonds is 0. The van der Waals surface area contributed by atoms with Gasteiger partial charge in [0.05, 0.1) is 5.82 Å². The van der Waals surface area contributed by atoms with Crippen LogP contribution in [0, 0.1) is 18.2 Å². The summed E-state index contributed by atoms with van der Waals surface area (Å²) < 4.78 is 12.4. The molecule has 0 aliphatic heterocycles. The zero-order valence-electron chi connectivity index (χ0n) is 4.69. The Morgan fingerprint density at radius 3 is 2.44 bits per heavy atom. The molecule has 0 saturated carbocycles. The van der Waals surface area contributed by atoms with E-state index in [1.165, 1.54) is 12.1 Å². The van der Waals surface area contributed by atoms with Crippen molar-refractivity contribution in [3.8, 4) is 5.92 Å². The van der Waals surface area contributed by atoms with Crippen molar-refractivity contribution in [3.63, 3.8) is 0 Å². The fraction of sp³-hybridized carbons (Fsp3) is 0. The van der Waals surface area contributed by atoms with Gasteiger partial charge in [-0.1, -0.05) is 17.7 Å². The molecule has 9 heavy (non-hydrogen) atoms. The van der Waals surface area contributed by atoms with Crippen LogP contribution in [0.25, 0.3) is 0 Å². The standard InChI is InChI=1S/C8H4F/c1-2-7-5-3-4-6-8(7)9/h3-6H/q-1. The van der Waals surface area contributed by atoms with Gasteiger partial charge in [0.2, 0.25) is 0 Å². The highest BCUT2D eigenvalue weighted by Crippen LogP contribution is 2.02. The molecule has 1 aromatic carbocycles. The summed E-state index contributed by atoms with van der Waals surface area (Å²) in [5.74, 6) is 1.57. The van der Waals surface area contributed by atoms with Crippen molar-refractivity contribution in [1.29, 1.82) is 0 Å². The molecular weight excluding hydrogens is 115 g/mol. The van der Waals surface area contributed by atoms with E-state index in [-0.39, 0.29) is 5.56 Å². The highest BCUT2D eigenvalue weighted by atomic mass is 19.1. The molecule has 1 aromatic rings. The monoisotopic (exact) mass is 119 g/mol. The first-order valence-corrected chi connectivity index (χ1v) is 2.52. The van der Waals surface area contributed by atoms with Gasteiger partial charge in [-0.05, 0) is 6.07 Å². The molecule has 1 heteroatoms. The minimum atomic E-state index is -0.396. The molecule has 0 aromatic heterocycles. The lowest BCUT2D eigenvalue weighted by molar-refractivity contribution is 0.624. The van der Waals surface area contributed by atoms with E-state index >= 15 is 0 Å². The lowest BCUT2D eigenvalue weighted by atomic mass is 10.2. The molecule has 0 atom stereocenters. The molecule has 0 N–H and O–H groups in total. The fourth-order valence-corrected chi connectivity index (χ4v) is 0.563. The summed E-state index contributed by atoms with van der Waals surface area (Å²) in [5, 5.41) is 0. The minimum Gasteiger partial charge on any atom is -0.366 e. The zero-order chi connectivity index (χ0) is 6.69. The Morgan fingerprint density at radius 1 is 1.33 bits per heavy atom. The normalized spacial score (nSPS) is 8.44. The minimum absolute atomic E-state index is 0.206. The topological polar surface area (TPSA) is 0 Å². The lowest BCUT2D eigenvalue weighted by Crippen LogP contribution is -1.78. The van der Waals surface area contributed by atoms with Crippen LogP contribution in [0.15, 0.2) is 24.3 Å². The Hall–Kier alpha value is -1.29. The quantitative estimate of drug-likeness (QED) is 0.360. The molecule has 0 fully saturated rings. The molecule has 0 bridgehead atoms. The van der Waals surface area contributed by atoms with Gasteiger partial charge in [-0.25, -0.2) is 4.39 Å². The largest absolute Gasteiger partial charge is 0.366 e. The van der Waals surface area contributed by atoms with E-state index in [0.717, 1.165) is 0 Å². The maximum absolute atomic E-state index is 12.4. The summed E-state index contributed by atoms with van der Waals surface area (Å²) in [5.41, 5.74) is 0.206. The molecule has 0 aliphatic carbocycles. The smallest absolute Gasteiger partial charge is 0.0574 e. The van der Waals surface area contributed by atoms with Crippen LogP contribution in [0.3, 0.4) is 0 Å². The average Bonchev–Trinajstić information content (AvgIpc) is 1.89. The summed E-state index contributed by atoms with van der Waals surface area (Å²) in [7, 11) is 0. The molecule has 0 amide bonds. The number of benzene rings is 1. The van der Waals surface area contributed by atoms with E-state index in [1.807, 2.05) is 5.92 Å². The third kappa shape index (κ3) is 1.09. The van der Waals surface area contributed by atoms with Crippen molar-refractivity contribution in [2.45, 2.75) is 0 Å². The Balaban J connectivity index is 3.20. The van der Waals surface area contributed by atoms with E-state index in [2.05, 4.69) is 0 Å². The van der Waals surface area contributed by atoms with Gasteiger partial charge in [-0.2, -0.15) is 0 Å². The van der Waals surface area contributed by atoms with Crippen molar-refractivity contribution in [3.05, 3.63) is 42.1 Å². The second-order valence-electron chi connectivity index (χ2n) is 1.60. The van der Waals surface area contributed by atoms with Crippen LogP contribution in [-0.4, -0.2) is 0 Å². The van der Waals surface area contributed by atoms with Crippen molar-refractivity contribution in [2.75, 3.05) is 0 Å². The van der Waals surface area contributed by atoms with Crippen molar-refractivity contribution < 1.29 is 4.39 Å². The maximum Gasteiger partial charge on any atom is 0.0574 e. The summed E-state index contributed by atoms with van der Waals surface area (Å²) in [6.07, 6.45) is 6.59. The van der Waals surface area contributed by atoms with E-state index in [4.69, 9.17) is 6.42 Å². The first-order chi connectivity index (χ1) is 4.34. The third-order valence-electron chi connectivity index (χ3n) is 1.01. The van der Waals surface area contributed by atoms with E-state index in [1.54, 1.807) is 12.1 Å². The van der Waals surface area contributed by atoms with Gasteiger partial charge >= 0.3 is 0 Å². The fourth-order valence-electron chi connectivity index (χ4n) is 0.563. The van der Waals surface area contributed by atoms with Crippen LogP contribution in [0.5, 0.6) is 0 Å². The highest BCUT2D eigenvalue weighted by molar-refractivity contribution is 5.30. The Bertz CT molecular complexity index is 245. The molecule has 0 aliphatic rings. The first-order valence-electron chi connectivity index (χ1n) is 2.52. The summed E-state index contributed by atoms with van der Waals surface area (Å²) in [6, 6.07) is 6.05. The summed E-state index contributed by atoms with van der Waals surface area (Å²) >= 11 is 0. The first kappa shape index (κ1) is 5.84. The van der Waals surface area contributed by atoms with Crippen molar-refractivity contribution in [1.82, 2.24) is 0 Å². The Labute approximate surface area is 53.3 Å². The molecule has 0 spiro atoms. The van der Waals surface area contributed by atoms with Gasteiger partial charge in [-0.15, -0.1) is 6.07 Å². The van der Waals surface area contributed by atoms with E-state index in [0.29, 0.717) is 0 Å². The number of hydrogen-bond donors (Lipinski definition) is 0. The van der Waals surface area contributed by atoms with Gasteiger partial charge in [0.15, 0.2) is 0 Å². The highest BCUT2D eigenvalue weighted by Gasteiger charge is 1.82. The summed E-state index contributed by atoms with van der Waals surface area (Å²) in [6.45, 7) is 0. The maximum atomic E-state index is 12.4. The van der Waals surface area contributed by atoms with Crippen LogP contribution in [-0.2, 0) is 0 Å². The van der Waals surface area contributed by atoms with E-state index in [9.17, 15) is 4.39 Å². The van der Waals surface area contributed by atoms with E-state index < -0.39 is 5.82 Å². The predicted octanol–water partition coefficient (Wildman–Crippen LogP) is 1.76. The average molecular weight is 119 g/mol. The van der Waals surface area contributed by atoms with Crippen LogP contribution in [0.2, 0.25) is 0 Å². The predicted molar refractivity (Wildman–Crippen MR) is 32.6 cm³/mol. The van der Waals surface area contributed by atoms with Crippen LogP contribution in [0.4, 0.5) is 4.39 Å². The molecule has 0 saturated heterocycles. The van der Waals surface area contributed by atoms with Gasteiger partial charge in [0.25, 0.3) is 0 Å². The SMILES string of the molecule is [C-]#Cc1ccccc1F. The molecule has 0 unspecified atom stereocenters. The van der Waals surface area contributed by atoms with Crippen molar-refractivity contribution >= 4 is 0 Å².